The largest absolute Gasteiger partial charge is 0.507 e. The molecule has 2 aliphatic carbocycles. The average Bonchev–Trinajstić information content (AvgIpc) is 2.55. The third kappa shape index (κ3) is 3.13. The molecule has 1 spiro atoms. The summed E-state index contributed by atoms with van der Waals surface area (Å²) in [7, 11) is 0. The maximum atomic E-state index is 12.2. The average molecular weight is 302 g/mol. The van der Waals surface area contributed by atoms with Crippen LogP contribution >= 0.6 is 0 Å². The number of hydrogen-bond donors (Lipinski definition) is 1. The fraction of sp³-hybridized carbons (Fsp3) is 0.632. The third-order valence-corrected chi connectivity index (χ3v) is 5.73. The van der Waals surface area contributed by atoms with Gasteiger partial charge in [-0.05, 0) is 49.1 Å². The minimum atomic E-state index is -0.394. The number of aromatic hydroxyl groups is 1. The monoisotopic (exact) mass is 302 g/mol. The van der Waals surface area contributed by atoms with Crippen LogP contribution in [0.5, 0.6) is 5.75 Å². The number of hydrogen-bond acceptors (Lipinski definition) is 3. The fourth-order valence-electron chi connectivity index (χ4n) is 4.45. The zero-order valence-corrected chi connectivity index (χ0v) is 13.2. The van der Waals surface area contributed by atoms with Crippen LogP contribution in [0.3, 0.4) is 0 Å². The van der Waals surface area contributed by atoms with E-state index in [1.165, 1.54) is 63.9 Å². The molecule has 0 aromatic heterocycles. The standard InChI is InChI=1S/C19H26O3/c20-17-10-3-2-9-16(17)18(21)22-14-15-8-4-7-13-19(15)11-5-1-6-12-19/h2-3,9-10,15,20H,1,4-8,11-14H2. The molecule has 3 nitrogen and oxygen atoms in total. The van der Waals surface area contributed by atoms with Crippen molar-refractivity contribution in [3.05, 3.63) is 29.8 Å². The lowest BCUT2D eigenvalue weighted by Gasteiger charge is -2.46. The second-order valence-electron chi connectivity index (χ2n) is 6.98. The highest BCUT2D eigenvalue weighted by atomic mass is 16.5. The van der Waals surface area contributed by atoms with E-state index in [4.69, 9.17) is 4.74 Å². The van der Waals surface area contributed by atoms with Gasteiger partial charge in [-0.25, -0.2) is 4.79 Å². The van der Waals surface area contributed by atoms with Gasteiger partial charge in [0.2, 0.25) is 0 Å². The molecule has 0 saturated heterocycles. The maximum absolute atomic E-state index is 12.2. The third-order valence-electron chi connectivity index (χ3n) is 5.73. The quantitative estimate of drug-likeness (QED) is 0.824. The molecule has 120 valence electrons. The van der Waals surface area contributed by atoms with Crippen molar-refractivity contribution in [2.75, 3.05) is 6.61 Å². The number of phenols is 1. The number of carbonyl (C=O) groups is 1. The highest BCUT2D eigenvalue weighted by Gasteiger charge is 2.41. The number of ether oxygens (including phenoxy) is 1. The molecule has 0 radical (unpaired) electrons. The van der Waals surface area contributed by atoms with Crippen LogP contribution in [0.1, 0.15) is 68.1 Å². The van der Waals surface area contributed by atoms with Crippen molar-refractivity contribution < 1.29 is 14.6 Å². The fourth-order valence-corrected chi connectivity index (χ4v) is 4.45. The van der Waals surface area contributed by atoms with Gasteiger partial charge in [0.15, 0.2) is 0 Å². The molecule has 3 heteroatoms. The van der Waals surface area contributed by atoms with Gasteiger partial charge in [0, 0.05) is 0 Å². The smallest absolute Gasteiger partial charge is 0.341 e. The summed E-state index contributed by atoms with van der Waals surface area (Å²) < 4.78 is 5.58. The Labute approximate surface area is 132 Å². The summed E-state index contributed by atoms with van der Waals surface area (Å²) in [6.07, 6.45) is 11.6. The Morgan fingerprint density at radius 3 is 2.50 bits per heavy atom. The predicted molar refractivity (Wildman–Crippen MR) is 85.9 cm³/mol. The molecule has 0 heterocycles. The zero-order chi connectivity index (χ0) is 15.4. The normalized spacial score (nSPS) is 24.1. The number of benzene rings is 1. The lowest BCUT2D eigenvalue weighted by Crippen LogP contribution is -2.38. The molecule has 22 heavy (non-hydrogen) atoms. The van der Waals surface area contributed by atoms with Gasteiger partial charge in [-0.1, -0.05) is 44.2 Å². The van der Waals surface area contributed by atoms with Crippen LogP contribution in [-0.2, 0) is 4.74 Å². The molecular formula is C19H26O3. The van der Waals surface area contributed by atoms with E-state index in [1.54, 1.807) is 18.2 Å². The van der Waals surface area contributed by atoms with Gasteiger partial charge in [-0.3, -0.25) is 0 Å². The maximum Gasteiger partial charge on any atom is 0.341 e. The molecule has 3 rings (SSSR count). The van der Waals surface area contributed by atoms with Crippen LogP contribution in [0.4, 0.5) is 0 Å². The van der Waals surface area contributed by atoms with Gasteiger partial charge < -0.3 is 9.84 Å². The Balaban J connectivity index is 1.64. The van der Waals surface area contributed by atoms with Gasteiger partial charge >= 0.3 is 5.97 Å². The first-order chi connectivity index (χ1) is 10.7. The van der Waals surface area contributed by atoms with E-state index >= 15 is 0 Å². The first-order valence-corrected chi connectivity index (χ1v) is 8.66. The van der Waals surface area contributed by atoms with E-state index in [-0.39, 0.29) is 11.3 Å². The Bertz CT molecular complexity index is 509. The SMILES string of the molecule is O=C(OCC1CCCCC12CCCCC2)c1ccccc1O. The van der Waals surface area contributed by atoms with Crippen molar-refractivity contribution in [1.82, 2.24) is 0 Å². The molecule has 2 saturated carbocycles. The molecule has 1 aromatic carbocycles. The minimum Gasteiger partial charge on any atom is -0.507 e. The van der Waals surface area contributed by atoms with Gasteiger partial charge in [0.25, 0.3) is 0 Å². The highest BCUT2D eigenvalue weighted by molar-refractivity contribution is 5.92. The van der Waals surface area contributed by atoms with E-state index in [0.29, 0.717) is 17.9 Å². The van der Waals surface area contributed by atoms with Crippen LogP contribution in [0.2, 0.25) is 0 Å². The van der Waals surface area contributed by atoms with Crippen LogP contribution in [0, 0.1) is 11.3 Å². The summed E-state index contributed by atoms with van der Waals surface area (Å²) >= 11 is 0. The Morgan fingerprint density at radius 1 is 1.09 bits per heavy atom. The van der Waals surface area contributed by atoms with Crippen molar-refractivity contribution in [1.29, 1.82) is 0 Å². The van der Waals surface area contributed by atoms with E-state index in [2.05, 4.69) is 0 Å². The van der Waals surface area contributed by atoms with Gasteiger partial charge in [0.1, 0.15) is 11.3 Å². The number of carbonyl (C=O) groups excluding carboxylic acids is 1. The van der Waals surface area contributed by atoms with Crippen molar-refractivity contribution in [2.24, 2.45) is 11.3 Å². The second-order valence-corrected chi connectivity index (χ2v) is 6.98. The molecule has 1 N–H and O–H groups in total. The van der Waals surface area contributed by atoms with Crippen LogP contribution in [0.15, 0.2) is 24.3 Å². The predicted octanol–water partition coefficient (Wildman–Crippen LogP) is 4.69. The van der Waals surface area contributed by atoms with Crippen LogP contribution < -0.4 is 0 Å². The first-order valence-electron chi connectivity index (χ1n) is 8.66. The van der Waals surface area contributed by atoms with Crippen molar-refractivity contribution in [3.8, 4) is 5.75 Å². The Morgan fingerprint density at radius 2 is 1.77 bits per heavy atom. The lowest BCUT2D eigenvalue weighted by atomic mass is 9.59. The van der Waals surface area contributed by atoms with E-state index in [9.17, 15) is 9.90 Å². The molecule has 0 aliphatic heterocycles. The number of rotatable bonds is 3. The van der Waals surface area contributed by atoms with Crippen molar-refractivity contribution >= 4 is 5.97 Å². The summed E-state index contributed by atoms with van der Waals surface area (Å²) in [6, 6.07) is 6.61. The van der Waals surface area contributed by atoms with Crippen molar-refractivity contribution in [3.63, 3.8) is 0 Å². The molecule has 2 fully saturated rings. The molecule has 0 amide bonds. The summed E-state index contributed by atoms with van der Waals surface area (Å²) in [4.78, 5) is 12.2. The van der Waals surface area contributed by atoms with Crippen LogP contribution in [0.25, 0.3) is 0 Å². The topological polar surface area (TPSA) is 46.5 Å². The van der Waals surface area contributed by atoms with Crippen LogP contribution in [-0.4, -0.2) is 17.7 Å². The number of esters is 1. The number of phenolic OH excluding ortho intramolecular Hbond substituents is 1. The van der Waals surface area contributed by atoms with E-state index in [0.717, 1.165) is 0 Å². The van der Waals surface area contributed by atoms with Gasteiger partial charge in [-0.2, -0.15) is 0 Å². The first kappa shape index (κ1) is 15.4. The lowest BCUT2D eigenvalue weighted by molar-refractivity contribution is -0.00849. The molecule has 1 unspecified atom stereocenters. The van der Waals surface area contributed by atoms with E-state index in [1.807, 2.05) is 0 Å². The Hall–Kier alpha value is -1.51. The minimum absolute atomic E-state index is 0.00326. The summed E-state index contributed by atoms with van der Waals surface area (Å²) in [5, 5.41) is 9.76. The summed E-state index contributed by atoms with van der Waals surface area (Å²) in [5.74, 6) is 0.106. The second kappa shape index (κ2) is 6.72. The summed E-state index contributed by atoms with van der Waals surface area (Å²) in [5.41, 5.74) is 0.686. The molecule has 1 aromatic rings. The molecule has 1 atom stereocenters. The van der Waals surface area contributed by atoms with Gasteiger partial charge in [-0.15, -0.1) is 0 Å². The zero-order valence-electron chi connectivity index (χ0n) is 13.2. The van der Waals surface area contributed by atoms with Crippen molar-refractivity contribution in [2.45, 2.75) is 57.8 Å². The highest BCUT2D eigenvalue weighted by Crippen LogP contribution is 2.51. The molecule has 0 bridgehead atoms. The molecule has 2 aliphatic rings. The van der Waals surface area contributed by atoms with E-state index < -0.39 is 5.97 Å². The summed E-state index contributed by atoms with van der Waals surface area (Å²) in [6.45, 7) is 0.507. The molecular weight excluding hydrogens is 276 g/mol. The number of para-hydroxylation sites is 1. The Kier molecular flexibility index (Phi) is 4.70. The van der Waals surface area contributed by atoms with Gasteiger partial charge in [0.05, 0.1) is 6.61 Å².